The van der Waals surface area contributed by atoms with E-state index in [1.807, 2.05) is 0 Å². The third-order valence-corrected chi connectivity index (χ3v) is 6.52. The molecular weight excluding hydrogens is 416 g/mol. The molecule has 11 heteroatoms. The van der Waals surface area contributed by atoms with E-state index in [2.05, 4.69) is 0 Å². The maximum absolute atomic E-state index is 13.0. The first kappa shape index (κ1) is 21.6. The van der Waals surface area contributed by atoms with Crippen molar-refractivity contribution in [2.75, 3.05) is 13.2 Å². The largest absolute Gasteiger partial charge is 0.456 e. The monoisotopic (exact) mass is 434 g/mol. The summed E-state index contributed by atoms with van der Waals surface area (Å²) in [6, 6.07) is 11.4. The summed E-state index contributed by atoms with van der Waals surface area (Å²) in [5, 5.41) is 21.2. The van der Waals surface area contributed by atoms with Crippen molar-refractivity contribution in [1.29, 1.82) is 0 Å². The van der Waals surface area contributed by atoms with Gasteiger partial charge in [-0.2, -0.15) is 4.31 Å². The molecule has 1 aliphatic heterocycles. The Kier molecular flexibility index (Phi) is 6.25. The van der Waals surface area contributed by atoms with E-state index in [0.29, 0.717) is 9.87 Å². The van der Waals surface area contributed by atoms with Gasteiger partial charge in [-0.15, -0.1) is 0 Å². The van der Waals surface area contributed by atoms with E-state index in [0.717, 1.165) is 12.1 Å². The number of esters is 1. The van der Waals surface area contributed by atoms with Crippen LogP contribution in [0.15, 0.2) is 59.5 Å². The van der Waals surface area contributed by atoms with Crippen molar-refractivity contribution in [3.8, 4) is 0 Å². The third-order valence-electron chi connectivity index (χ3n) is 4.60. The minimum atomic E-state index is -4.49. The number of rotatable bonds is 7. The fourth-order valence-corrected chi connectivity index (χ4v) is 4.94. The lowest BCUT2D eigenvalue weighted by Gasteiger charge is -2.22. The van der Waals surface area contributed by atoms with Gasteiger partial charge in [0.1, 0.15) is 6.04 Å². The summed E-state index contributed by atoms with van der Waals surface area (Å²) in [5.74, 6) is -1.49. The highest BCUT2D eigenvalue weighted by Gasteiger charge is 2.46. The molecule has 1 heterocycles. The van der Waals surface area contributed by atoms with Crippen molar-refractivity contribution in [3.63, 3.8) is 0 Å². The van der Waals surface area contributed by atoms with Gasteiger partial charge in [0.05, 0.1) is 11.0 Å². The highest BCUT2D eigenvalue weighted by atomic mass is 32.2. The standard InChI is InChI=1S/C19H18N2O8S/c22-14-10-16(19(24)29-12-17(23)13-6-2-1-3-7-13)20(11-14)30(27,28)18-9-5-4-8-15(18)21(25)26/h1-9,14,16,22H,10-12H2/t14-,16-/m0/s1. The number of aliphatic hydroxyl groups is 1. The van der Waals surface area contributed by atoms with Crippen LogP contribution in [-0.2, 0) is 19.6 Å². The molecule has 3 rings (SSSR count). The molecule has 30 heavy (non-hydrogen) atoms. The lowest BCUT2D eigenvalue weighted by atomic mass is 10.1. The number of β-amino-alcohol motifs (C(OH)–C–C–N with tert-alkyl or cyclic N) is 1. The van der Waals surface area contributed by atoms with Crippen molar-refractivity contribution in [2.24, 2.45) is 0 Å². The van der Waals surface area contributed by atoms with Crippen molar-refractivity contribution in [3.05, 3.63) is 70.3 Å². The van der Waals surface area contributed by atoms with Gasteiger partial charge in [0.25, 0.3) is 15.7 Å². The fourth-order valence-electron chi connectivity index (χ4n) is 3.16. The first-order valence-electron chi connectivity index (χ1n) is 8.90. The molecular formula is C19H18N2O8S. The van der Waals surface area contributed by atoms with E-state index in [-0.39, 0.29) is 6.42 Å². The van der Waals surface area contributed by atoms with Gasteiger partial charge in [0, 0.05) is 24.6 Å². The molecule has 1 saturated heterocycles. The predicted octanol–water partition coefficient (Wildman–Crippen LogP) is 1.14. The van der Waals surface area contributed by atoms with Crippen molar-refractivity contribution in [1.82, 2.24) is 4.31 Å². The van der Waals surface area contributed by atoms with Gasteiger partial charge in [0.15, 0.2) is 17.3 Å². The summed E-state index contributed by atoms with van der Waals surface area (Å²) in [5.41, 5.74) is -0.327. The Hall–Kier alpha value is -3.15. The van der Waals surface area contributed by atoms with Crippen molar-refractivity contribution in [2.45, 2.75) is 23.5 Å². The van der Waals surface area contributed by atoms with E-state index in [1.165, 1.54) is 12.1 Å². The van der Waals surface area contributed by atoms with E-state index in [1.54, 1.807) is 30.3 Å². The van der Waals surface area contributed by atoms with Crippen LogP contribution in [0.1, 0.15) is 16.8 Å². The second-order valence-electron chi connectivity index (χ2n) is 6.60. The van der Waals surface area contributed by atoms with Crippen LogP contribution in [0, 0.1) is 10.1 Å². The Bertz CT molecular complexity index is 1070. The molecule has 0 amide bonds. The number of para-hydroxylation sites is 1. The zero-order chi connectivity index (χ0) is 21.9. The fraction of sp³-hybridized carbons (Fsp3) is 0.263. The number of hydrogen-bond acceptors (Lipinski definition) is 8. The van der Waals surface area contributed by atoms with Crippen LogP contribution in [0.5, 0.6) is 0 Å². The third kappa shape index (κ3) is 4.37. The molecule has 2 aromatic carbocycles. The number of ketones is 1. The highest BCUT2D eigenvalue weighted by molar-refractivity contribution is 7.89. The van der Waals surface area contributed by atoms with E-state index >= 15 is 0 Å². The molecule has 0 radical (unpaired) electrons. The Morgan fingerprint density at radius 1 is 1.13 bits per heavy atom. The van der Waals surface area contributed by atoms with Gasteiger partial charge in [-0.1, -0.05) is 42.5 Å². The first-order valence-corrected chi connectivity index (χ1v) is 10.3. The molecule has 0 spiro atoms. The second-order valence-corrected chi connectivity index (χ2v) is 8.46. The van der Waals surface area contributed by atoms with Crippen LogP contribution in [0.4, 0.5) is 5.69 Å². The Balaban J connectivity index is 1.80. The minimum Gasteiger partial charge on any atom is -0.456 e. The van der Waals surface area contributed by atoms with Crippen LogP contribution < -0.4 is 0 Å². The maximum Gasteiger partial charge on any atom is 0.325 e. The van der Waals surface area contributed by atoms with Gasteiger partial charge >= 0.3 is 5.97 Å². The van der Waals surface area contributed by atoms with Gasteiger partial charge in [-0.05, 0) is 6.07 Å². The molecule has 0 saturated carbocycles. The Morgan fingerprint density at radius 2 is 1.77 bits per heavy atom. The Morgan fingerprint density at radius 3 is 2.43 bits per heavy atom. The summed E-state index contributed by atoms with van der Waals surface area (Å²) in [7, 11) is -4.49. The summed E-state index contributed by atoms with van der Waals surface area (Å²) < 4.78 is 31.7. The average molecular weight is 434 g/mol. The maximum atomic E-state index is 13.0. The normalized spacial score (nSPS) is 19.4. The summed E-state index contributed by atoms with van der Waals surface area (Å²) in [4.78, 5) is 34.4. The molecule has 158 valence electrons. The lowest BCUT2D eigenvalue weighted by Crippen LogP contribution is -2.42. The van der Waals surface area contributed by atoms with E-state index in [9.17, 15) is 33.2 Å². The predicted molar refractivity (Wildman–Crippen MR) is 103 cm³/mol. The van der Waals surface area contributed by atoms with E-state index in [4.69, 9.17) is 4.74 Å². The lowest BCUT2D eigenvalue weighted by molar-refractivity contribution is -0.387. The number of aliphatic hydroxyl groups excluding tert-OH is 1. The molecule has 1 fully saturated rings. The van der Waals surface area contributed by atoms with Crippen LogP contribution in [-0.4, -0.2) is 59.8 Å². The molecule has 0 aromatic heterocycles. The molecule has 0 bridgehead atoms. The van der Waals surface area contributed by atoms with Crippen LogP contribution >= 0.6 is 0 Å². The quantitative estimate of drug-likeness (QED) is 0.296. The van der Waals surface area contributed by atoms with Gasteiger partial charge in [0.2, 0.25) is 0 Å². The zero-order valence-corrected chi connectivity index (χ0v) is 16.4. The number of nitro groups is 1. The molecule has 2 aromatic rings. The van der Waals surface area contributed by atoms with Gasteiger partial charge < -0.3 is 9.84 Å². The molecule has 1 aliphatic rings. The van der Waals surface area contributed by atoms with Crippen LogP contribution in [0.3, 0.4) is 0 Å². The van der Waals surface area contributed by atoms with Crippen LogP contribution in [0.2, 0.25) is 0 Å². The van der Waals surface area contributed by atoms with Gasteiger partial charge in [-0.3, -0.25) is 19.7 Å². The topological polar surface area (TPSA) is 144 Å². The molecule has 2 atom stereocenters. The molecule has 0 unspecified atom stereocenters. The van der Waals surface area contributed by atoms with Crippen molar-refractivity contribution < 1.29 is 32.8 Å². The zero-order valence-electron chi connectivity index (χ0n) is 15.6. The Labute approximate surface area is 171 Å². The molecule has 10 nitrogen and oxygen atoms in total. The molecule has 0 aliphatic carbocycles. The number of Topliss-reactive ketones (excluding diaryl/α,β-unsaturated/α-hetero) is 1. The van der Waals surface area contributed by atoms with Gasteiger partial charge in [-0.25, -0.2) is 8.42 Å². The number of hydrogen-bond donors (Lipinski definition) is 1. The SMILES string of the molecule is O=C(COC(=O)[C@@H]1C[C@H](O)CN1S(=O)(=O)c1ccccc1[N+](=O)[O-])c1ccccc1. The highest BCUT2D eigenvalue weighted by Crippen LogP contribution is 2.31. The number of nitrogens with zero attached hydrogens (tertiary/aromatic N) is 2. The van der Waals surface area contributed by atoms with Crippen LogP contribution in [0.25, 0.3) is 0 Å². The number of ether oxygens (including phenoxy) is 1. The number of nitro benzene ring substituents is 1. The number of sulfonamides is 1. The minimum absolute atomic E-state index is 0.252. The number of benzene rings is 2. The summed E-state index contributed by atoms with van der Waals surface area (Å²) >= 11 is 0. The smallest absolute Gasteiger partial charge is 0.325 e. The second kappa shape index (κ2) is 8.69. The summed E-state index contributed by atoms with van der Waals surface area (Å²) in [6.45, 7) is -1.03. The summed E-state index contributed by atoms with van der Waals surface area (Å²) in [6.07, 6.45) is -1.41. The van der Waals surface area contributed by atoms with E-state index < -0.39 is 62.6 Å². The molecule has 1 N–H and O–H groups in total. The first-order chi connectivity index (χ1) is 14.2. The van der Waals surface area contributed by atoms with Crippen molar-refractivity contribution >= 4 is 27.5 Å². The number of carbonyl (C=O) groups is 2. The number of carbonyl (C=O) groups excluding carboxylic acids is 2. The average Bonchev–Trinajstić information content (AvgIpc) is 3.15.